The zero-order chi connectivity index (χ0) is 8.53. The van der Waals surface area contributed by atoms with Crippen molar-refractivity contribution >= 4 is 0 Å². The molecule has 0 spiro atoms. The smallest absolute Gasteiger partial charge is 0.122 e. The monoisotopic (exact) mass is 148 g/mol. The van der Waals surface area contributed by atoms with Gasteiger partial charge in [0.1, 0.15) is 6.42 Å². The summed E-state index contributed by atoms with van der Waals surface area (Å²) in [5, 5.41) is 15.2. The van der Waals surface area contributed by atoms with Crippen molar-refractivity contribution in [3.63, 3.8) is 0 Å². The third kappa shape index (κ3) is 6.07. The second-order valence-electron chi connectivity index (χ2n) is 1.72. The molecule has 4 nitrogen and oxygen atoms in total. The first kappa shape index (κ1) is 9.19. The third-order valence-corrected chi connectivity index (χ3v) is 0.795. The van der Waals surface area contributed by atoms with Gasteiger partial charge in [-0.25, -0.2) is 4.98 Å². The molecular weight excluding hydrogens is 140 g/mol. The summed E-state index contributed by atoms with van der Waals surface area (Å²) in [5.74, 6) is 0. The van der Waals surface area contributed by atoms with Crippen LogP contribution in [0.15, 0.2) is 18.7 Å². The lowest BCUT2D eigenvalue weighted by atomic mass is 10.5. The van der Waals surface area contributed by atoms with E-state index in [1.807, 2.05) is 17.8 Å². The highest BCUT2D eigenvalue weighted by Gasteiger charge is 1.69. The maximum atomic E-state index is 7.59. The van der Waals surface area contributed by atoms with Crippen molar-refractivity contribution in [2.45, 2.75) is 6.42 Å². The van der Waals surface area contributed by atoms with Gasteiger partial charge in [-0.1, -0.05) is 0 Å². The maximum absolute atomic E-state index is 7.59. The molecule has 0 aliphatic rings. The summed E-state index contributed by atoms with van der Waals surface area (Å²) in [6.07, 6.45) is 5.39. The van der Waals surface area contributed by atoms with E-state index in [1.165, 1.54) is 0 Å². The average molecular weight is 148 g/mol. The average Bonchev–Trinajstić information content (AvgIpc) is 2.43. The van der Waals surface area contributed by atoms with Crippen LogP contribution in [0.25, 0.3) is 0 Å². The Hall–Kier alpha value is -1.81. The lowest BCUT2D eigenvalue weighted by molar-refractivity contribution is 0.913. The van der Waals surface area contributed by atoms with Gasteiger partial charge in [0.15, 0.2) is 0 Å². The first-order valence-electron chi connectivity index (χ1n) is 2.97. The van der Waals surface area contributed by atoms with Gasteiger partial charge in [0.05, 0.1) is 18.5 Å². The SMILES string of the molecule is Cn1ccnc1.N#CCC#N. The van der Waals surface area contributed by atoms with E-state index in [0.717, 1.165) is 0 Å². The second-order valence-corrected chi connectivity index (χ2v) is 1.72. The van der Waals surface area contributed by atoms with Crippen molar-refractivity contribution in [2.75, 3.05) is 0 Å². The molecule has 1 aromatic rings. The highest BCUT2D eigenvalue weighted by atomic mass is 15.0. The van der Waals surface area contributed by atoms with Crippen molar-refractivity contribution in [1.82, 2.24) is 9.55 Å². The number of nitrogens with zero attached hydrogens (tertiary/aromatic N) is 4. The lowest BCUT2D eigenvalue weighted by Gasteiger charge is -1.76. The maximum Gasteiger partial charge on any atom is 0.122 e. The number of imidazole rings is 1. The Kier molecular flexibility index (Phi) is 5.27. The first-order valence-corrected chi connectivity index (χ1v) is 2.97. The molecule has 0 N–H and O–H groups in total. The summed E-state index contributed by atoms with van der Waals surface area (Å²) in [6, 6.07) is 3.31. The van der Waals surface area contributed by atoms with Gasteiger partial charge in [0.25, 0.3) is 0 Å². The molecule has 0 unspecified atom stereocenters. The van der Waals surface area contributed by atoms with Gasteiger partial charge in [-0.15, -0.1) is 0 Å². The number of hydrogen-bond acceptors (Lipinski definition) is 3. The zero-order valence-corrected chi connectivity index (χ0v) is 6.23. The standard InChI is InChI=1S/C4H6N2.C3H2N2/c1-6-3-2-5-4-6;4-2-1-3-5/h2-4H,1H3;1H2. The molecule has 0 aliphatic carbocycles. The highest BCUT2D eigenvalue weighted by Crippen LogP contribution is 1.73. The van der Waals surface area contributed by atoms with E-state index >= 15 is 0 Å². The number of nitriles is 2. The summed E-state index contributed by atoms with van der Waals surface area (Å²) in [6.45, 7) is 0. The van der Waals surface area contributed by atoms with Crippen LogP contribution in [0.3, 0.4) is 0 Å². The van der Waals surface area contributed by atoms with Crippen molar-refractivity contribution in [1.29, 1.82) is 10.5 Å². The van der Waals surface area contributed by atoms with E-state index in [2.05, 4.69) is 4.98 Å². The van der Waals surface area contributed by atoms with Gasteiger partial charge in [0.2, 0.25) is 0 Å². The van der Waals surface area contributed by atoms with E-state index in [4.69, 9.17) is 10.5 Å². The number of aryl methyl sites for hydroxylation is 1. The van der Waals surface area contributed by atoms with Gasteiger partial charge in [-0.2, -0.15) is 10.5 Å². The minimum atomic E-state index is 0. The van der Waals surface area contributed by atoms with Crippen LogP contribution >= 0.6 is 0 Å². The summed E-state index contributed by atoms with van der Waals surface area (Å²) < 4.78 is 1.89. The Bertz CT molecular complexity index is 237. The fourth-order valence-corrected chi connectivity index (χ4v) is 0.361. The Balaban J connectivity index is 0.000000187. The van der Waals surface area contributed by atoms with Gasteiger partial charge >= 0.3 is 0 Å². The van der Waals surface area contributed by atoms with Crippen LogP contribution in [-0.2, 0) is 7.05 Å². The molecule has 56 valence electrons. The van der Waals surface area contributed by atoms with Crippen LogP contribution in [0, 0.1) is 22.7 Å². The van der Waals surface area contributed by atoms with Crippen LogP contribution in [0.4, 0.5) is 0 Å². The molecule has 0 amide bonds. The number of rotatable bonds is 0. The Morgan fingerprint density at radius 1 is 1.45 bits per heavy atom. The van der Waals surface area contributed by atoms with E-state index in [0.29, 0.717) is 0 Å². The minimum Gasteiger partial charge on any atom is -0.341 e. The van der Waals surface area contributed by atoms with Crippen LogP contribution in [0.5, 0.6) is 0 Å². The number of hydrogen-bond donors (Lipinski definition) is 0. The molecule has 0 bridgehead atoms. The van der Waals surface area contributed by atoms with E-state index in [9.17, 15) is 0 Å². The van der Waals surface area contributed by atoms with Crippen molar-refractivity contribution in [2.24, 2.45) is 7.05 Å². The molecule has 0 radical (unpaired) electrons. The summed E-state index contributed by atoms with van der Waals surface area (Å²) >= 11 is 0. The first-order chi connectivity index (χ1) is 5.31. The molecule has 11 heavy (non-hydrogen) atoms. The molecule has 0 fully saturated rings. The van der Waals surface area contributed by atoms with Gasteiger partial charge < -0.3 is 4.57 Å². The Morgan fingerprint density at radius 3 is 2.18 bits per heavy atom. The molecule has 0 saturated carbocycles. The van der Waals surface area contributed by atoms with E-state index < -0.39 is 0 Å². The fraction of sp³-hybridized carbons (Fsp3) is 0.286. The van der Waals surface area contributed by atoms with Crippen LogP contribution in [-0.4, -0.2) is 9.55 Å². The molecule has 4 heteroatoms. The predicted octanol–water partition coefficient (Wildman–Crippen LogP) is 0.844. The van der Waals surface area contributed by atoms with Gasteiger partial charge in [-0.05, 0) is 0 Å². The molecular formula is C7H8N4. The van der Waals surface area contributed by atoms with Gasteiger partial charge in [-0.3, -0.25) is 0 Å². The molecule has 0 saturated heterocycles. The molecule has 0 aliphatic heterocycles. The van der Waals surface area contributed by atoms with Crippen molar-refractivity contribution in [3.8, 4) is 12.1 Å². The van der Waals surface area contributed by atoms with Crippen molar-refractivity contribution < 1.29 is 0 Å². The summed E-state index contributed by atoms with van der Waals surface area (Å²) in [4.78, 5) is 3.78. The van der Waals surface area contributed by atoms with Gasteiger partial charge in [0, 0.05) is 19.4 Å². The van der Waals surface area contributed by atoms with Crippen LogP contribution in [0.1, 0.15) is 6.42 Å². The topological polar surface area (TPSA) is 65.4 Å². The quantitative estimate of drug-likeness (QED) is 0.547. The van der Waals surface area contributed by atoms with Crippen LogP contribution < -0.4 is 0 Å². The highest BCUT2D eigenvalue weighted by molar-refractivity contribution is 4.85. The molecule has 1 aromatic heterocycles. The summed E-state index contributed by atoms with van der Waals surface area (Å²) in [5.41, 5.74) is 0. The Labute approximate surface area is 65.3 Å². The molecule has 1 heterocycles. The minimum absolute atomic E-state index is 0. The molecule has 0 atom stereocenters. The fourth-order valence-electron chi connectivity index (χ4n) is 0.361. The summed E-state index contributed by atoms with van der Waals surface area (Å²) in [7, 11) is 1.94. The third-order valence-electron chi connectivity index (χ3n) is 0.795. The molecule has 0 aromatic carbocycles. The Morgan fingerprint density at radius 2 is 2.09 bits per heavy atom. The van der Waals surface area contributed by atoms with Crippen LogP contribution in [0.2, 0.25) is 0 Å². The largest absolute Gasteiger partial charge is 0.341 e. The second kappa shape index (κ2) is 6.31. The predicted molar refractivity (Wildman–Crippen MR) is 39.1 cm³/mol. The normalized spacial score (nSPS) is 6.82. The molecule has 1 rings (SSSR count). The number of aromatic nitrogens is 2. The van der Waals surface area contributed by atoms with E-state index in [-0.39, 0.29) is 6.42 Å². The van der Waals surface area contributed by atoms with Crippen molar-refractivity contribution in [3.05, 3.63) is 18.7 Å². The lowest BCUT2D eigenvalue weighted by Crippen LogP contribution is -1.76. The van der Waals surface area contributed by atoms with E-state index in [1.54, 1.807) is 24.7 Å². The zero-order valence-electron chi connectivity index (χ0n) is 6.23.